The summed E-state index contributed by atoms with van der Waals surface area (Å²) < 4.78 is 5.07. The number of hydrogen-bond donors (Lipinski definition) is 2. The molecule has 6 heteroatoms. The summed E-state index contributed by atoms with van der Waals surface area (Å²) in [4.78, 5) is 27.1. The van der Waals surface area contributed by atoms with Crippen molar-refractivity contribution in [2.45, 2.75) is 26.9 Å². The molecule has 0 radical (unpaired) electrons. The molecular formula is C17H18ClNO4. The molecule has 5 nitrogen and oxygen atoms in total. The van der Waals surface area contributed by atoms with Gasteiger partial charge in [-0.1, -0.05) is 23.7 Å². The number of halogens is 1. The van der Waals surface area contributed by atoms with Gasteiger partial charge in [0.1, 0.15) is 5.69 Å². The quantitative estimate of drug-likeness (QED) is 0.648. The number of nitrogens with one attached hydrogen (secondary N) is 1. The number of Topliss-reactive ketones (excluding diaryl/α,β-unsaturated/α-hetero) is 1. The number of aromatic amines is 1. The SMILES string of the molecule is Cc1[nH]c(C(=O)OCC(=O)c2ccccc2Cl)c(C)c1[C@@H](C)O. The van der Waals surface area contributed by atoms with E-state index in [9.17, 15) is 14.7 Å². The van der Waals surface area contributed by atoms with E-state index in [1.165, 1.54) is 0 Å². The molecule has 0 bridgehead atoms. The zero-order valence-electron chi connectivity index (χ0n) is 13.1. The van der Waals surface area contributed by atoms with Crippen LogP contribution in [0.3, 0.4) is 0 Å². The third kappa shape index (κ3) is 3.63. The van der Waals surface area contributed by atoms with Gasteiger partial charge in [0.05, 0.1) is 11.1 Å². The maximum Gasteiger partial charge on any atom is 0.355 e. The van der Waals surface area contributed by atoms with Gasteiger partial charge in [0.25, 0.3) is 0 Å². The Bertz CT molecular complexity index is 749. The van der Waals surface area contributed by atoms with Crippen LogP contribution < -0.4 is 0 Å². The maximum absolute atomic E-state index is 12.2. The van der Waals surface area contributed by atoms with Crippen molar-refractivity contribution in [3.05, 3.63) is 57.4 Å². The number of aromatic nitrogens is 1. The third-order valence-electron chi connectivity index (χ3n) is 3.63. The lowest BCUT2D eigenvalue weighted by molar-refractivity contribution is 0.0468. The van der Waals surface area contributed by atoms with E-state index >= 15 is 0 Å². The molecule has 0 aliphatic heterocycles. The minimum absolute atomic E-state index is 0.241. The van der Waals surface area contributed by atoms with Crippen molar-refractivity contribution in [3.63, 3.8) is 0 Å². The van der Waals surface area contributed by atoms with Crippen LogP contribution in [0.25, 0.3) is 0 Å². The van der Waals surface area contributed by atoms with E-state index in [0.29, 0.717) is 27.4 Å². The number of ether oxygens (including phenoxy) is 1. The highest BCUT2D eigenvalue weighted by Gasteiger charge is 2.22. The van der Waals surface area contributed by atoms with E-state index in [0.717, 1.165) is 0 Å². The second-order valence-electron chi connectivity index (χ2n) is 5.32. The second-order valence-corrected chi connectivity index (χ2v) is 5.73. The molecule has 122 valence electrons. The van der Waals surface area contributed by atoms with Crippen molar-refractivity contribution >= 4 is 23.4 Å². The van der Waals surface area contributed by atoms with Crippen LogP contribution in [0.5, 0.6) is 0 Å². The van der Waals surface area contributed by atoms with Crippen LogP contribution in [0, 0.1) is 13.8 Å². The molecule has 1 aromatic heterocycles. The number of rotatable bonds is 5. The molecule has 2 N–H and O–H groups in total. The monoisotopic (exact) mass is 335 g/mol. The molecular weight excluding hydrogens is 318 g/mol. The summed E-state index contributed by atoms with van der Waals surface area (Å²) >= 11 is 5.94. The van der Waals surface area contributed by atoms with Gasteiger partial charge in [-0.15, -0.1) is 0 Å². The largest absolute Gasteiger partial charge is 0.453 e. The Hall–Kier alpha value is -2.11. The zero-order valence-corrected chi connectivity index (χ0v) is 13.9. The average Bonchev–Trinajstić information content (AvgIpc) is 2.80. The van der Waals surface area contributed by atoms with Gasteiger partial charge in [-0.25, -0.2) is 4.79 Å². The first-order valence-corrected chi connectivity index (χ1v) is 7.52. The average molecular weight is 336 g/mol. The van der Waals surface area contributed by atoms with Crippen LogP contribution >= 0.6 is 11.6 Å². The molecule has 0 spiro atoms. The highest BCUT2D eigenvalue weighted by atomic mass is 35.5. The summed E-state index contributed by atoms with van der Waals surface area (Å²) in [6.45, 7) is 4.71. The lowest BCUT2D eigenvalue weighted by Gasteiger charge is -2.06. The number of aryl methyl sites for hydroxylation is 1. The van der Waals surface area contributed by atoms with E-state index < -0.39 is 18.7 Å². The lowest BCUT2D eigenvalue weighted by Crippen LogP contribution is -2.15. The number of aliphatic hydroxyl groups is 1. The number of benzene rings is 1. The molecule has 0 saturated heterocycles. The molecule has 23 heavy (non-hydrogen) atoms. The van der Waals surface area contributed by atoms with E-state index in [1.807, 2.05) is 0 Å². The van der Waals surface area contributed by atoms with Gasteiger partial charge in [0.15, 0.2) is 6.61 Å². The van der Waals surface area contributed by atoms with Crippen molar-refractivity contribution in [1.29, 1.82) is 0 Å². The fraction of sp³-hybridized carbons (Fsp3) is 0.294. The summed E-state index contributed by atoms with van der Waals surface area (Å²) in [5.74, 6) is -1.02. The van der Waals surface area contributed by atoms with Crippen molar-refractivity contribution < 1.29 is 19.4 Å². The predicted molar refractivity (Wildman–Crippen MR) is 87.0 cm³/mol. The van der Waals surface area contributed by atoms with Gasteiger partial charge in [-0.3, -0.25) is 4.79 Å². The number of esters is 1. The zero-order chi connectivity index (χ0) is 17.1. The number of ketones is 1. The van der Waals surface area contributed by atoms with Gasteiger partial charge in [0, 0.05) is 16.8 Å². The molecule has 1 atom stereocenters. The molecule has 0 fully saturated rings. The van der Waals surface area contributed by atoms with E-state index in [4.69, 9.17) is 16.3 Å². The van der Waals surface area contributed by atoms with Crippen molar-refractivity contribution in [2.24, 2.45) is 0 Å². The van der Waals surface area contributed by atoms with E-state index in [2.05, 4.69) is 4.98 Å². The number of carbonyl (C=O) groups excluding carboxylic acids is 2. The summed E-state index contributed by atoms with van der Waals surface area (Å²) in [7, 11) is 0. The summed E-state index contributed by atoms with van der Waals surface area (Å²) in [5, 5.41) is 10.1. The fourth-order valence-electron chi connectivity index (χ4n) is 2.56. The summed E-state index contributed by atoms with van der Waals surface area (Å²) in [6.07, 6.45) is -0.697. The Morgan fingerprint density at radius 3 is 2.52 bits per heavy atom. The molecule has 2 rings (SSSR count). The number of hydrogen-bond acceptors (Lipinski definition) is 4. The van der Waals surface area contributed by atoms with Crippen molar-refractivity contribution in [3.8, 4) is 0 Å². The van der Waals surface area contributed by atoms with Crippen LogP contribution in [0.4, 0.5) is 0 Å². The van der Waals surface area contributed by atoms with E-state index in [-0.39, 0.29) is 11.5 Å². The van der Waals surface area contributed by atoms with Gasteiger partial charge < -0.3 is 14.8 Å². The van der Waals surface area contributed by atoms with E-state index in [1.54, 1.807) is 45.0 Å². The third-order valence-corrected chi connectivity index (χ3v) is 3.96. The van der Waals surface area contributed by atoms with Crippen molar-refractivity contribution in [2.75, 3.05) is 6.61 Å². The normalized spacial score (nSPS) is 12.0. The Morgan fingerprint density at radius 2 is 1.96 bits per heavy atom. The molecule has 1 heterocycles. The smallest absolute Gasteiger partial charge is 0.355 e. The minimum Gasteiger partial charge on any atom is -0.453 e. The summed E-state index contributed by atoms with van der Waals surface area (Å²) in [5.41, 5.74) is 2.53. The number of aliphatic hydroxyl groups excluding tert-OH is 1. The first kappa shape index (κ1) is 17.2. The van der Waals surface area contributed by atoms with Gasteiger partial charge in [-0.2, -0.15) is 0 Å². The van der Waals surface area contributed by atoms with Crippen molar-refractivity contribution in [1.82, 2.24) is 4.98 Å². The Kier molecular flexibility index (Phi) is 5.23. The first-order valence-electron chi connectivity index (χ1n) is 7.15. The Labute approximate surface area is 139 Å². The van der Waals surface area contributed by atoms with Crippen LogP contribution in [-0.2, 0) is 4.74 Å². The number of carbonyl (C=O) groups is 2. The number of H-pyrrole nitrogens is 1. The first-order chi connectivity index (χ1) is 10.8. The van der Waals surface area contributed by atoms with Gasteiger partial charge in [-0.05, 0) is 38.5 Å². The standard InChI is InChI=1S/C17H18ClNO4/c1-9-15(11(3)20)10(2)19-16(9)17(22)23-8-14(21)12-6-4-5-7-13(12)18/h4-7,11,19-20H,8H2,1-3H3/t11-/m1/s1. The van der Waals surface area contributed by atoms with Crippen LogP contribution in [0.2, 0.25) is 5.02 Å². The molecule has 0 saturated carbocycles. The van der Waals surface area contributed by atoms with Gasteiger partial charge >= 0.3 is 5.97 Å². The van der Waals surface area contributed by atoms with Crippen LogP contribution in [-0.4, -0.2) is 28.4 Å². The maximum atomic E-state index is 12.2. The predicted octanol–water partition coefficient (Wildman–Crippen LogP) is 3.38. The lowest BCUT2D eigenvalue weighted by atomic mass is 10.1. The topological polar surface area (TPSA) is 79.4 Å². The molecule has 0 unspecified atom stereocenters. The summed E-state index contributed by atoms with van der Waals surface area (Å²) in [6, 6.07) is 6.58. The Balaban J connectivity index is 2.10. The van der Waals surface area contributed by atoms with Gasteiger partial charge in [0.2, 0.25) is 5.78 Å². The van der Waals surface area contributed by atoms with Crippen LogP contribution in [0.15, 0.2) is 24.3 Å². The molecule has 0 amide bonds. The van der Waals surface area contributed by atoms with Crippen LogP contribution in [0.1, 0.15) is 50.7 Å². The Morgan fingerprint density at radius 1 is 1.30 bits per heavy atom. The highest BCUT2D eigenvalue weighted by molar-refractivity contribution is 6.34. The molecule has 1 aromatic carbocycles. The molecule has 0 aliphatic carbocycles. The minimum atomic E-state index is -0.697. The fourth-order valence-corrected chi connectivity index (χ4v) is 2.80. The highest BCUT2D eigenvalue weighted by Crippen LogP contribution is 2.25. The molecule has 2 aromatic rings. The molecule has 0 aliphatic rings. The second kappa shape index (κ2) is 6.98.